The summed E-state index contributed by atoms with van der Waals surface area (Å²) in [6.07, 6.45) is 0. The minimum atomic E-state index is -0.324. The second-order valence-corrected chi connectivity index (χ2v) is 7.17. The number of nitrogens with one attached hydrogen (secondary N) is 4. The number of carbonyl (C=O) groups excluding carboxylic acids is 2. The number of quaternary nitrogens is 2. The van der Waals surface area contributed by atoms with Crippen molar-refractivity contribution in [2.75, 3.05) is 44.6 Å². The quantitative estimate of drug-likeness (QED) is 0.486. The first kappa shape index (κ1) is 20.0. The van der Waals surface area contributed by atoms with Crippen LogP contribution in [0.4, 0.5) is 10.1 Å². The molecule has 1 fully saturated rings. The summed E-state index contributed by atoms with van der Waals surface area (Å²) in [4.78, 5) is 26.7. The molecule has 2 aromatic carbocycles. The predicted octanol–water partition coefficient (Wildman–Crippen LogP) is -1.14. The molecule has 2 amide bonds. The normalized spacial score (nSPS) is 19.0. The molecule has 7 heteroatoms. The van der Waals surface area contributed by atoms with Gasteiger partial charge in [-0.05, 0) is 29.8 Å². The van der Waals surface area contributed by atoms with Crippen molar-refractivity contribution in [2.45, 2.75) is 6.54 Å². The molecule has 1 aliphatic heterocycles. The van der Waals surface area contributed by atoms with Crippen LogP contribution >= 0.6 is 0 Å². The first-order valence-electron chi connectivity index (χ1n) is 9.61. The predicted molar refractivity (Wildman–Crippen MR) is 104 cm³/mol. The fourth-order valence-corrected chi connectivity index (χ4v) is 3.36. The third-order valence-corrected chi connectivity index (χ3v) is 4.95. The molecule has 0 aliphatic carbocycles. The molecule has 2 aromatic rings. The van der Waals surface area contributed by atoms with E-state index in [1.54, 1.807) is 12.1 Å². The molecule has 1 aliphatic rings. The molecular formula is C21H27FN4O2+2. The van der Waals surface area contributed by atoms with Crippen molar-refractivity contribution in [2.24, 2.45) is 0 Å². The van der Waals surface area contributed by atoms with Crippen molar-refractivity contribution in [3.05, 3.63) is 66.0 Å². The van der Waals surface area contributed by atoms with Gasteiger partial charge >= 0.3 is 0 Å². The summed E-state index contributed by atoms with van der Waals surface area (Å²) in [5.74, 6) is -0.349. The largest absolute Gasteiger partial charge is 0.347 e. The fraction of sp³-hybridized carbons (Fsp3) is 0.333. The van der Waals surface area contributed by atoms with Crippen molar-refractivity contribution in [1.82, 2.24) is 5.32 Å². The molecular weight excluding hydrogens is 359 g/mol. The van der Waals surface area contributed by atoms with Gasteiger partial charge in [0.25, 0.3) is 11.8 Å². The number of rotatable bonds is 7. The maximum absolute atomic E-state index is 12.9. The van der Waals surface area contributed by atoms with E-state index in [1.165, 1.54) is 21.9 Å². The van der Waals surface area contributed by atoms with Gasteiger partial charge in [-0.15, -0.1) is 0 Å². The van der Waals surface area contributed by atoms with Crippen LogP contribution in [0.2, 0.25) is 0 Å². The minimum absolute atomic E-state index is 0.0522. The van der Waals surface area contributed by atoms with E-state index in [1.807, 2.05) is 30.3 Å². The number of hydrogen-bond acceptors (Lipinski definition) is 2. The number of piperazine rings is 1. The second-order valence-electron chi connectivity index (χ2n) is 7.17. The lowest BCUT2D eigenvalue weighted by Crippen LogP contribution is -3.28. The molecule has 148 valence electrons. The zero-order valence-corrected chi connectivity index (χ0v) is 15.8. The third kappa shape index (κ3) is 6.44. The van der Waals surface area contributed by atoms with Crippen molar-refractivity contribution >= 4 is 17.5 Å². The SMILES string of the molecule is O=C(C[NH+]1CC[NH+](CC(=O)Nc2ccc(F)cc2)CC1)NCc1ccccc1. The van der Waals surface area contributed by atoms with Crippen LogP contribution in [-0.4, -0.2) is 51.1 Å². The molecule has 1 heterocycles. The molecule has 0 radical (unpaired) electrons. The van der Waals surface area contributed by atoms with Crippen LogP contribution in [0.25, 0.3) is 0 Å². The summed E-state index contributed by atoms with van der Waals surface area (Å²) in [6.45, 7) is 4.80. The molecule has 0 bridgehead atoms. The summed E-state index contributed by atoms with van der Waals surface area (Å²) >= 11 is 0. The molecule has 0 atom stereocenters. The lowest BCUT2D eigenvalue weighted by atomic mass is 10.2. The van der Waals surface area contributed by atoms with Crippen LogP contribution in [0.3, 0.4) is 0 Å². The topological polar surface area (TPSA) is 67.1 Å². The van der Waals surface area contributed by atoms with E-state index in [2.05, 4.69) is 10.6 Å². The Balaban J connectivity index is 1.34. The highest BCUT2D eigenvalue weighted by atomic mass is 19.1. The van der Waals surface area contributed by atoms with Gasteiger partial charge in [0.05, 0.1) is 0 Å². The summed E-state index contributed by atoms with van der Waals surface area (Å²) < 4.78 is 12.9. The Morgan fingerprint density at radius 3 is 2.00 bits per heavy atom. The average molecular weight is 386 g/mol. The second kappa shape index (κ2) is 9.96. The minimum Gasteiger partial charge on any atom is -0.347 e. The molecule has 0 unspecified atom stereocenters. The molecule has 3 rings (SSSR count). The lowest BCUT2D eigenvalue weighted by molar-refractivity contribution is -1.00. The lowest BCUT2D eigenvalue weighted by Gasteiger charge is -2.28. The van der Waals surface area contributed by atoms with Crippen molar-refractivity contribution < 1.29 is 23.8 Å². The van der Waals surface area contributed by atoms with Gasteiger partial charge in [-0.25, -0.2) is 4.39 Å². The summed E-state index contributed by atoms with van der Waals surface area (Å²) in [7, 11) is 0. The van der Waals surface area contributed by atoms with Crippen molar-refractivity contribution in [1.29, 1.82) is 0 Å². The monoisotopic (exact) mass is 386 g/mol. The van der Waals surface area contributed by atoms with E-state index in [0.29, 0.717) is 25.3 Å². The molecule has 6 nitrogen and oxygen atoms in total. The van der Waals surface area contributed by atoms with Gasteiger partial charge in [0.2, 0.25) is 0 Å². The summed E-state index contributed by atoms with van der Waals surface area (Å²) in [5.41, 5.74) is 1.69. The smallest absolute Gasteiger partial charge is 0.279 e. The molecule has 28 heavy (non-hydrogen) atoms. The van der Waals surface area contributed by atoms with E-state index in [0.717, 1.165) is 31.7 Å². The van der Waals surface area contributed by atoms with Gasteiger partial charge in [0, 0.05) is 12.2 Å². The fourth-order valence-electron chi connectivity index (χ4n) is 3.36. The summed E-state index contributed by atoms with van der Waals surface area (Å²) in [6, 6.07) is 15.6. The molecule has 1 saturated heterocycles. The van der Waals surface area contributed by atoms with Crippen LogP contribution < -0.4 is 20.4 Å². The Hall–Kier alpha value is -2.77. The number of hydrogen-bond donors (Lipinski definition) is 4. The first-order valence-corrected chi connectivity index (χ1v) is 9.61. The van der Waals surface area contributed by atoms with Gasteiger partial charge < -0.3 is 20.4 Å². The zero-order valence-electron chi connectivity index (χ0n) is 15.8. The molecule has 0 aromatic heterocycles. The van der Waals surface area contributed by atoms with Crippen molar-refractivity contribution in [3.63, 3.8) is 0 Å². The number of anilines is 1. The number of benzene rings is 2. The number of amides is 2. The molecule has 0 saturated carbocycles. The summed E-state index contributed by atoms with van der Waals surface area (Å²) in [5, 5.41) is 5.76. The Morgan fingerprint density at radius 1 is 0.821 bits per heavy atom. The Morgan fingerprint density at radius 2 is 1.39 bits per heavy atom. The van der Waals surface area contributed by atoms with Crippen LogP contribution in [0, 0.1) is 5.82 Å². The Labute approximate surface area is 164 Å². The number of halogens is 1. The highest BCUT2D eigenvalue weighted by molar-refractivity contribution is 5.91. The maximum atomic E-state index is 12.9. The Kier molecular flexibility index (Phi) is 7.11. The Bertz CT molecular complexity index is 775. The van der Waals surface area contributed by atoms with E-state index in [9.17, 15) is 14.0 Å². The van der Waals surface area contributed by atoms with Gasteiger partial charge in [-0.1, -0.05) is 30.3 Å². The molecule has 0 spiro atoms. The molecule has 4 N–H and O–H groups in total. The highest BCUT2D eigenvalue weighted by Gasteiger charge is 2.26. The van der Waals surface area contributed by atoms with Crippen molar-refractivity contribution in [3.8, 4) is 0 Å². The number of carbonyl (C=O) groups is 2. The van der Waals surface area contributed by atoms with E-state index < -0.39 is 0 Å². The van der Waals surface area contributed by atoms with Crippen LogP contribution in [0.1, 0.15) is 5.56 Å². The van der Waals surface area contributed by atoms with Gasteiger partial charge in [-0.3, -0.25) is 9.59 Å². The van der Waals surface area contributed by atoms with Gasteiger partial charge in [-0.2, -0.15) is 0 Å². The van der Waals surface area contributed by atoms with E-state index >= 15 is 0 Å². The zero-order chi connectivity index (χ0) is 19.8. The van der Waals surface area contributed by atoms with Crippen LogP contribution in [0.15, 0.2) is 54.6 Å². The standard InChI is InChI=1S/C21H25FN4O2/c22-18-6-8-19(9-7-18)24-21(28)16-26-12-10-25(11-13-26)15-20(27)23-14-17-4-2-1-3-5-17/h1-9H,10-16H2,(H,23,27)(H,24,28)/p+2. The van der Waals surface area contributed by atoms with Gasteiger partial charge in [0.1, 0.15) is 32.0 Å². The van der Waals surface area contributed by atoms with Crippen LogP contribution in [-0.2, 0) is 16.1 Å². The highest BCUT2D eigenvalue weighted by Crippen LogP contribution is 2.07. The third-order valence-electron chi connectivity index (χ3n) is 4.95. The van der Waals surface area contributed by atoms with Gasteiger partial charge in [0.15, 0.2) is 13.1 Å². The average Bonchev–Trinajstić information content (AvgIpc) is 2.70. The van der Waals surface area contributed by atoms with E-state index in [4.69, 9.17) is 0 Å². The maximum Gasteiger partial charge on any atom is 0.279 e. The van der Waals surface area contributed by atoms with Crippen LogP contribution in [0.5, 0.6) is 0 Å². The van der Waals surface area contributed by atoms with E-state index in [-0.39, 0.29) is 17.6 Å². The first-order chi connectivity index (χ1) is 13.6.